The third kappa shape index (κ3) is 4.42. The van der Waals surface area contributed by atoms with Gasteiger partial charge < -0.3 is 23.7 Å². The highest BCUT2D eigenvalue weighted by Gasteiger charge is 2.62. The molecule has 0 spiro atoms. The number of carbonyl (C=O) groups is 3. The minimum atomic E-state index is -2.41. The lowest BCUT2D eigenvalue weighted by atomic mass is 10.2. The predicted octanol–water partition coefficient (Wildman–Crippen LogP) is 0.954. The van der Waals surface area contributed by atoms with Gasteiger partial charge in [0, 0.05) is 0 Å². The van der Waals surface area contributed by atoms with Gasteiger partial charge in [-0.3, -0.25) is 0 Å². The largest absolute Gasteiger partial charge is 0.462 e. The molecule has 2 atom stereocenters. The average Bonchev–Trinajstić information content (AvgIpc) is 2.76. The van der Waals surface area contributed by atoms with Crippen molar-refractivity contribution in [2.24, 2.45) is 0 Å². The molecule has 0 aromatic rings. The zero-order chi connectivity index (χ0) is 17.8. The van der Waals surface area contributed by atoms with Gasteiger partial charge in [-0.1, -0.05) is 0 Å². The summed E-state index contributed by atoms with van der Waals surface area (Å²) in [5.74, 6) is -5.26. The Morgan fingerprint density at radius 1 is 1.00 bits per heavy atom. The van der Waals surface area contributed by atoms with E-state index in [1.807, 2.05) is 0 Å². The molecule has 8 heteroatoms. The first kappa shape index (κ1) is 19.4. The Morgan fingerprint density at radius 3 is 1.87 bits per heavy atom. The first-order valence-electron chi connectivity index (χ1n) is 7.50. The number of carbonyl (C=O) groups excluding carboxylic acids is 3. The Bertz CT molecular complexity index is 447. The summed E-state index contributed by atoms with van der Waals surface area (Å²) >= 11 is 0. The zero-order valence-electron chi connectivity index (χ0n) is 14.3. The van der Waals surface area contributed by atoms with E-state index in [2.05, 4.69) is 0 Å². The molecule has 0 bridgehead atoms. The second-order valence-corrected chi connectivity index (χ2v) is 5.95. The average molecular weight is 332 g/mol. The van der Waals surface area contributed by atoms with Crippen LogP contribution in [0, 0.1) is 0 Å². The lowest BCUT2D eigenvalue weighted by Crippen LogP contribution is -2.51. The molecule has 1 fully saturated rings. The Labute approximate surface area is 135 Å². The normalized spacial score (nSPS) is 23.2. The maximum Gasteiger partial charge on any atom is 0.379 e. The lowest BCUT2D eigenvalue weighted by Gasteiger charge is -2.24. The van der Waals surface area contributed by atoms with Crippen LogP contribution in [-0.4, -0.2) is 54.7 Å². The molecule has 1 aliphatic heterocycles. The van der Waals surface area contributed by atoms with Gasteiger partial charge in [0.15, 0.2) is 6.10 Å². The Kier molecular flexibility index (Phi) is 6.12. The van der Waals surface area contributed by atoms with Gasteiger partial charge in [-0.15, -0.1) is 0 Å². The molecule has 1 heterocycles. The van der Waals surface area contributed by atoms with Crippen LogP contribution in [0.5, 0.6) is 0 Å². The van der Waals surface area contributed by atoms with Gasteiger partial charge in [0.1, 0.15) is 5.60 Å². The standard InChI is InChI=1S/C15H24O8/c1-7-19-12(17)15(13(18)20-8-2)21-9(3)10(22-15)11(16)23-14(4,5)6/h9-10H,7-8H2,1-6H3/t9-,10+/m1/s1. The molecule has 132 valence electrons. The highest BCUT2D eigenvalue weighted by molar-refractivity contribution is 6.02. The van der Waals surface area contributed by atoms with Gasteiger partial charge in [-0.05, 0) is 41.5 Å². The van der Waals surface area contributed by atoms with E-state index >= 15 is 0 Å². The Balaban J connectivity index is 3.04. The van der Waals surface area contributed by atoms with Crippen LogP contribution in [0.25, 0.3) is 0 Å². The number of ether oxygens (including phenoxy) is 5. The SMILES string of the molecule is CCOC(=O)C1(C(=O)OCC)O[C@H](C(=O)OC(C)(C)C)[C@@H](C)O1. The maximum absolute atomic E-state index is 12.2. The van der Waals surface area contributed by atoms with Crippen LogP contribution in [0.15, 0.2) is 0 Å². The van der Waals surface area contributed by atoms with E-state index in [-0.39, 0.29) is 13.2 Å². The van der Waals surface area contributed by atoms with Crippen molar-refractivity contribution in [1.82, 2.24) is 0 Å². The Hall–Kier alpha value is -1.67. The topological polar surface area (TPSA) is 97.4 Å². The quantitative estimate of drug-likeness (QED) is 0.417. The summed E-state index contributed by atoms with van der Waals surface area (Å²) in [5.41, 5.74) is -0.751. The molecule has 1 aliphatic rings. The highest BCUT2D eigenvalue weighted by atomic mass is 16.8. The molecule has 0 N–H and O–H groups in total. The van der Waals surface area contributed by atoms with E-state index in [1.165, 1.54) is 6.92 Å². The van der Waals surface area contributed by atoms with Crippen molar-refractivity contribution in [2.75, 3.05) is 13.2 Å². The van der Waals surface area contributed by atoms with Gasteiger partial charge in [-0.2, -0.15) is 0 Å². The zero-order valence-corrected chi connectivity index (χ0v) is 14.3. The molecular weight excluding hydrogens is 308 g/mol. The molecule has 1 saturated heterocycles. The molecule has 0 aliphatic carbocycles. The molecule has 1 rings (SSSR count). The van der Waals surface area contributed by atoms with Gasteiger partial charge in [0.05, 0.1) is 19.3 Å². The molecule has 0 saturated carbocycles. The molecular formula is C15H24O8. The second kappa shape index (κ2) is 7.27. The molecule has 23 heavy (non-hydrogen) atoms. The van der Waals surface area contributed by atoms with Crippen molar-refractivity contribution in [3.63, 3.8) is 0 Å². The summed E-state index contributed by atoms with van der Waals surface area (Å²) in [6.45, 7) is 9.73. The van der Waals surface area contributed by atoms with Crippen LogP contribution in [0.3, 0.4) is 0 Å². The highest BCUT2D eigenvalue weighted by Crippen LogP contribution is 2.33. The minimum Gasteiger partial charge on any atom is -0.462 e. The van der Waals surface area contributed by atoms with Crippen molar-refractivity contribution >= 4 is 17.9 Å². The third-order valence-corrected chi connectivity index (χ3v) is 2.80. The van der Waals surface area contributed by atoms with Crippen LogP contribution < -0.4 is 0 Å². The fraction of sp³-hybridized carbons (Fsp3) is 0.800. The lowest BCUT2D eigenvalue weighted by molar-refractivity contribution is -0.228. The number of esters is 3. The first-order chi connectivity index (χ1) is 10.6. The summed E-state index contributed by atoms with van der Waals surface area (Å²) in [6, 6.07) is 0. The summed E-state index contributed by atoms with van der Waals surface area (Å²) in [5, 5.41) is 0. The minimum absolute atomic E-state index is 0.0121. The van der Waals surface area contributed by atoms with Crippen LogP contribution in [0.4, 0.5) is 0 Å². The molecule has 0 radical (unpaired) electrons. The second-order valence-electron chi connectivity index (χ2n) is 5.95. The predicted molar refractivity (Wildman–Crippen MR) is 77.3 cm³/mol. The number of hydrogen-bond donors (Lipinski definition) is 0. The molecule has 0 aromatic heterocycles. The smallest absolute Gasteiger partial charge is 0.379 e. The van der Waals surface area contributed by atoms with E-state index in [9.17, 15) is 14.4 Å². The Morgan fingerprint density at radius 2 is 1.48 bits per heavy atom. The molecule has 0 aromatic carbocycles. The fourth-order valence-corrected chi connectivity index (χ4v) is 1.95. The maximum atomic E-state index is 12.2. The number of hydrogen-bond acceptors (Lipinski definition) is 8. The van der Waals surface area contributed by atoms with E-state index in [1.54, 1.807) is 34.6 Å². The molecule has 0 amide bonds. The van der Waals surface area contributed by atoms with E-state index in [4.69, 9.17) is 23.7 Å². The van der Waals surface area contributed by atoms with Crippen molar-refractivity contribution in [3.8, 4) is 0 Å². The molecule has 0 unspecified atom stereocenters. The molecule has 8 nitrogen and oxygen atoms in total. The van der Waals surface area contributed by atoms with Gasteiger partial charge in [0.25, 0.3) is 0 Å². The van der Waals surface area contributed by atoms with Crippen LogP contribution in [0.2, 0.25) is 0 Å². The van der Waals surface area contributed by atoms with Gasteiger partial charge in [0.2, 0.25) is 0 Å². The monoisotopic (exact) mass is 332 g/mol. The number of rotatable bonds is 5. The van der Waals surface area contributed by atoms with Crippen LogP contribution >= 0.6 is 0 Å². The van der Waals surface area contributed by atoms with Gasteiger partial charge >= 0.3 is 23.7 Å². The van der Waals surface area contributed by atoms with Crippen molar-refractivity contribution in [2.45, 2.75) is 65.1 Å². The van der Waals surface area contributed by atoms with Crippen molar-refractivity contribution < 1.29 is 38.1 Å². The third-order valence-electron chi connectivity index (χ3n) is 2.80. The summed E-state index contributed by atoms with van der Waals surface area (Å²) < 4.78 is 25.6. The van der Waals surface area contributed by atoms with E-state index < -0.39 is 41.5 Å². The van der Waals surface area contributed by atoms with Gasteiger partial charge in [-0.25, -0.2) is 14.4 Å². The summed E-state index contributed by atoms with van der Waals surface area (Å²) in [6.07, 6.45) is -2.14. The van der Waals surface area contributed by atoms with Crippen molar-refractivity contribution in [1.29, 1.82) is 0 Å². The van der Waals surface area contributed by atoms with Crippen molar-refractivity contribution in [3.05, 3.63) is 0 Å². The fourth-order valence-electron chi connectivity index (χ4n) is 1.95. The van der Waals surface area contributed by atoms with E-state index in [0.29, 0.717) is 0 Å². The summed E-state index contributed by atoms with van der Waals surface area (Å²) in [7, 11) is 0. The first-order valence-corrected chi connectivity index (χ1v) is 7.50. The summed E-state index contributed by atoms with van der Waals surface area (Å²) in [4.78, 5) is 36.5. The van der Waals surface area contributed by atoms with Crippen LogP contribution in [0.1, 0.15) is 41.5 Å². The van der Waals surface area contributed by atoms with E-state index in [0.717, 1.165) is 0 Å². The van der Waals surface area contributed by atoms with Crippen LogP contribution in [-0.2, 0) is 38.1 Å².